The fourth-order valence-electron chi connectivity index (χ4n) is 1.84. The Morgan fingerprint density at radius 2 is 2.00 bits per heavy atom. The van der Waals surface area contributed by atoms with Crippen molar-refractivity contribution in [3.8, 4) is 0 Å². The standard InChI is InChI=1S/C11H22N2O/c1-2-11(14)12-7-6-10-13-8-4-3-5-9-13/h2-10H2,1H3,(H,12,14). The Hall–Kier alpha value is -0.570. The zero-order valence-electron chi connectivity index (χ0n) is 9.22. The Bertz CT molecular complexity index is 165. The number of carbonyl (C=O) groups excluding carboxylic acids is 1. The van der Waals surface area contributed by atoms with E-state index in [0.29, 0.717) is 6.42 Å². The third-order valence-electron chi connectivity index (χ3n) is 2.74. The number of hydrogen-bond donors (Lipinski definition) is 1. The van der Waals surface area contributed by atoms with Crippen molar-refractivity contribution in [2.75, 3.05) is 26.2 Å². The number of likely N-dealkylation sites (tertiary alicyclic amines) is 1. The first-order valence-corrected chi connectivity index (χ1v) is 5.82. The predicted molar refractivity (Wildman–Crippen MR) is 58.2 cm³/mol. The SMILES string of the molecule is CCC(=O)NCCCN1CCCCC1. The summed E-state index contributed by atoms with van der Waals surface area (Å²) in [6.45, 7) is 6.37. The number of hydrogen-bond acceptors (Lipinski definition) is 2. The lowest BCUT2D eigenvalue weighted by Gasteiger charge is -2.26. The Balaban J connectivity index is 1.94. The second-order valence-electron chi connectivity index (χ2n) is 3.96. The summed E-state index contributed by atoms with van der Waals surface area (Å²) in [5, 5.41) is 2.91. The zero-order chi connectivity index (χ0) is 10.2. The van der Waals surface area contributed by atoms with Gasteiger partial charge in [0.1, 0.15) is 0 Å². The van der Waals surface area contributed by atoms with Crippen molar-refractivity contribution in [3.63, 3.8) is 0 Å². The summed E-state index contributed by atoms with van der Waals surface area (Å²) in [5.74, 6) is 0.170. The summed E-state index contributed by atoms with van der Waals surface area (Å²) in [4.78, 5) is 13.4. The van der Waals surface area contributed by atoms with E-state index in [1.165, 1.54) is 32.4 Å². The predicted octanol–water partition coefficient (Wildman–Crippen LogP) is 1.39. The van der Waals surface area contributed by atoms with E-state index in [9.17, 15) is 4.79 Å². The first kappa shape index (κ1) is 11.5. The second-order valence-corrected chi connectivity index (χ2v) is 3.96. The summed E-state index contributed by atoms with van der Waals surface area (Å²) >= 11 is 0. The van der Waals surface area contributed by atoms with E-state index < -0.39 is 0 Å². The largest absolute Gasteiger partial charge is 0.356 e. The van der Waals surface area contributed by atoms with E-state index in [2.05, 4.69) is 10.2 Å². The van der Waals surface area contributed by atoms with Gasteiger partial charge in [-0.2, -0.15) is 0 Å². The van der Waals surface area contributed by atoms with Gasteiger partial charge in [0, 0.05) is 13.0 Å². The molecule has 0 aromatic rings. The molecule has 1 heterocycles. The van der Waals surface area contributed by atoms with Gasteiger partial charge in [-0.1, -0.05) is 13.3 Å². The molecule has 0 radical (unpaired) electrons. The molecule has 0 unspecified atom stereocenters. The molecule has 82 valence electrons. The molecule has 0 aliphatic carbocycles. The average Bonchev–Trinajstić information content (AvgIpc) is 2.25. The average molecular weight is 198 g/mol. The van der Waals surface area contributed by atoms with Crippen LogP contribution in [0.2, 0.25) is 0 Å². The van der Waals surface area contributed by atoms with Gasteiger partial charge in [0.15, 0.2) is 0 Å². The molecule has 1 saturated heterocycles. The van der Waals surface area contributed by atoms with Crippen LogP contribution < -0.4 is 5.32 Å². The molecule has 1 rings (SSSR count). The highest BCUT2D eigenvalue weighted by Gasteiger charge is 2.08. The number of nitrogens with one attached hydrogen (secondary N) is 1. The maximum absolute atomic E-state index is 10.9. The Kier molecular flexibility index (Phi) is 5.60. The van der Waals surface area contributed by atoms with Crippen molar-refractivity contribution in [2.45, 2.75) is 39.0 Å². The lowest BCUT2D eigenvalue weighted by Crippen LogP contribution is -2.33. The lowest BCUT2D eigenvalue weighted by atomic mass is 10.1. The van der Waals surface area contributed by atoms with Crippen LogP contribution in [-0.4, -0.2) is 37.0 Å². The maximum Gasteiger partial charge on any atom is 0.219 e. The zero-order valence-corrected chi connectivity index (χ0v) is 9.22. The van der Waals surface area contributed by atoms with E-state index >= 15 is 0 Å². The van der Waals surface area contributed by atoms with Crippen molar-refractivity contribution < 1.29 is 4.79 Å². The van der Waals surface area contributed by atoms with Crippen LogP contribution in [0.25, 0.3) is 0 Å². The fourth-order valence-corrected chi connectivity index (χ4v) is 1.84. The van der Waals surface area contributed by atoms with Gasteiger partial charge in [-0.15, -0.1) is 0 Å². The molecule has 0 aromatic heterocycles. The summed E-state index contributed by atoms with van der Waals surface area (Å²) < 4.78 is 0. The highest BCUT2D eigenvalue weighted by Crippen LogP contribution is 2.08. The molecule has 0 atom stereocenters. The fraction of sp³-hybridized carbons (Fsp3) is 0.909. The number of piperidine rings is 1. The number of carbonyl (C=O) groups is 1. The van der Waals surface area contributed by atoms with E-state index in [1.807, 2.05) is 6.92 Å². The quantitative estimate of drug-likeness (QED) is 0.677. The molecular weight excluding hydrogens is 176 g/mol. The van der Waals surface area contributed by atoms with Gasteiger partial charge >= 0.3 is 0 Å². The number of rotatable bonds is 5. The van der Waals surface area contributed by atoms with Gasteiger partial charge in [0.05, 0.1) is 0 Å². The van der Waals surface area contributed by atoms with Crippen LogP contribution in [-0.2, 0) is 4.79 Å². The van der Waals surface area contributed by atoms with Gasteiger partial charge < -0.3 is 10.2 Å². The molecule has 0 bridgehead atoms. The topological polar surface area (TPSA) is 32.3 Å². The summed E-state index contributed by atoms with van der Waals surface area (Å²) in [6, 6.07) is 0. The van der Waals surface area contributed by atoms with Gasteiger partial charge in [-0.25, -0.2) is 0 Å². The molecule has 3 nitrogen and oxygen atoms in total. The minimum Gasteiger partial charge on any atom is -0.356 e. The van der Waals surface area contributed by atoms with E-state index in [0.717, 1.165) is 19.5 Å². The molecule has 3 heteroatoms. The molecule has 1 amide bonds. The van der Waals surface area contributed by atoms with E-state index in [-0.39, 0.29) is 5.91 Å². The Morgan fingerprint density at radius 1 is 1.29 bits per heavy atom. The number of amides is 1. The van der Waals surface area contributed by atoms with Gasteiger partial charge in [0.25, 0.3) is 0 Å². The van der Waals surface area contributed by atoms with Crippen molar-refractivity contribution in [3.05, 3.63) is 0 Å². The highest BCUT2D eigenvalue weighted by molar-refractivity contribution is 5.75. The molecule has 0 spiro atoms. The molecule has 1 aliphatic rings. The summed E-state index contributed by atoms with van der Waals surface area (Å²) in [5.41, 5.74) is 0. The maximum atomic E-state index is 10.9. The summed E-state index contributed by atoms with van der Waals surface area (Å²) in [7, 11) is 0. The van der Waals surface area contributed by atoms with Crippen LogP contribution in [0.5, 0.6) is 0 Å². The van der Waals surface area contributed by atoms with Crippen molar-refractivity contribution in [1.29, 1.82) is 0 Å². The third-order valence-corrected chi connectivity index (χ3v) is 2.74. The Labute approximate surface area is 86.9 Å². The monoisotopic (exact) mass is 198 g/mol. The van der Waals surface area contributed by atoms with E-state index in [1.54, 1.807) is 0 Å². The molecule has 1 N–H and O–H groups in total. The molecule has 1 aliphatic heterocycles. The summed E-state index contributed by atoms with van der Waals surface area (Å²) in [6.07, 6.45) is 5.78. The minimum absolute atomic E-state index is 0.170. The van der Waals surface area contributed by atoms with Crippen LogP contribution in [0, 0.1) is 0 Å². The highest BCUT2D eigenvalue weighted by atomic mass is 16.1. The molecule has 0 aromatic carbocycles. The van der Waals surface area contributed by atoms with Crippen molar-refractivity contribution in [1.82, 2.24) is 10.2 Å². The minimum atomic E-state index is 0.170. The second kappa shape index (κ2) is 6.82. The molecule has 0 saturated carbocycles. The smallest absolute Gasteiger partial charge is 0.219 e. The van der Waals surface area contributed by atoms with Crippen LogP contribution in [0.3, 0.4) is 0 Å². The number of nitrogens with zero attached hydrogens (tertiary/aromatic N) is 1. The van der Waals surface area contributed by atoms with Gasteiger partial charge in [0.2, 0.25) is 5.91 Å². The van der Waals surface area contributed by atoms with Gasteiger partial charge in [-0.05, 0) is 38.9 Å². The van der Waals surface area contributed by atoms with Crippen LogP contribution in [0.4, 0.5) is 0 Å². The van der Waals surface area contributed by atoms with E-state index in [4.69, 9.17) is 0 Å². The first-order chi connectivity index (χ1) is 6.83. The first-order valence-electron chi connectivity index (χ1n) is 5.82. The molecule has 14 heavy (non-hydrogen) atoms. The van der Waals surface area contributed by atoms with Crippen molar-refractivity contribution >= 4 is 5.91 Å². The van der Waals surface area contributed by atoms with Crippen molar-refractivity contribution in [2.24, 2.45) is 0 Å². The lowest BCUT2D eigenvalue weighted by molar-refractivity contribution is -0.120. The van der Waals surface area contributed by atoms with Crippen LogP contribution in [0.15, 0.2) is 0 Å². The van der Waals surface area contributed by atoms with Crippen LogP contribution in [0.1, 0.15) is 39.0 Å². The third kappa shape index (κ3) is 4.61. The molecule has 1 fully saturated rings. The Morgan fingerprint density at radius 3 is 2.64 bits per heavy atom. The van der Waals surface area contributed by atoms with Crippen LogP contribution >= 0.6 is 0 Å². The molecular formula is C11H22N2O. The normalized spacial score (nSPS) is 18.1. The van der Waals surface area contributed by atoms with Gasteiger partial charge in [-0.3, -0.25) is 4.79 Å².